The molecule has 0 aromatic heterocycles. The van der Waals surface area contributed by atoms with Gasteiger partial charge >= 0.3 is 5.97 Å². The van der Waals surface area contributed by atoms with Crippen molar-refractivity contribution < 1.29 is 14.3 Å². The van der Waals surface area contributed by atoms with E-state index in [1.807, 2.05) is 13.0 Å². The molecule has 0 saturated carbocycles. The minimum Gasteiger partial charge on any atom is -0.466 e. The van der Waals surface area contributed by atoms with Gasteiger partial charge in [-0.3, -0.25) is 4.90 Å². The van der Waals surface area contributed by atoms with E-state index in [-0.39, 0.29) is 5.97 Å². The minimum atomic E-state index is -0.205. The molecule has 0 radical (unpaired) electrons. The van der Waals surface area contributed by atoms with E-state index in [9.17, 15) is 4.79 Å². The fourth-order valence-electron chi connectivity index (χ4n) is 2.59. The second kappa shape index (κ2) is 5.65. The molecule has 0 aliphatic carbocycles. The first-order chi connectivity index (χ1) is 8.22. The molecule has 2 aliphatic rings. The lowest BCUT2D eigenvalue weighted by atomic mass is 10.2. The van der Waals surface area contributed by atoms with Gasteiger partial charge in [0.2, 0.25) is 0 Å². The molecule has 2 atom stereocenters. The van der Waals surface area contributed by atoms with Crippen LogP contribution in [-0.2, 0) is 14.3 Å². The summed E-state index contributed by atoms with van der Waals surface area (Å²) >= 11 is 0. The molecule has 4 heteroatoms. The number of esters is 1. The molecule has 0 amide bonds. The Morgan fingerprint density at radius 2 is 2.06 bits per heavy atom. The lowest BCUT2D eigenvalue weighted by Crippen LogP contribution is -2.42. The number of hydrogen-bond acceptors (Lipinski definition) is 4. The molecule has 96 valence electrons. The maximum atomic E-state index is 11.4. The number of carbonyl (C=O) groups excluding carboxylic acids is 1. The van der Waals surface area contributed by atoms with Crippen LogP contribution in [0.2, 0.25) is 0 Å². The summed E-state index contributed by atoms with van der Waals surface area (Å²) < 4.78 is 10.5. The molecule has 17 heavy (non-hydrogen) atoms. The Hall–Kier alpha value is -0.870. The van der Waals surface area contributed by atoms with Crippen LogP contribution < -0.4 is 0 Å². The number of rotatable bonds is 4. The van der Waals surface area contributed by atoms with Crippen molar-refractivity contribution in [2.24, 2.45) is 0 Å². The molecular weight excluding hydrogens is 218 g/mol. The molecule has 2 fully saturated rings. The molecule has 2 bridgehead atoms. The summed E-state index contributed by atoms with van der Waals surface area (Å²) in [5.74, 6) is -0.205. The normalized spacial score (nSPS) is 29.4. The first-order valence-corrected chi connectivity index (χ1v) is 6.38. The van der Waals surface area contributed by atoms with Crippen LogP contribution in [0.3, 0.4) is 0 Å². The maximum absolute atomic E-state index is 11.4. The number of carbonyl (C=O) groups is 1. The quantitative estimate of drug-likeness (QED) is 0.548. The Morgan fingerprint density at radius 1 is 1.41 bits per heavy atom. The van der Waals surface area contributed by atoms with Gasteiger partial charge in [0.05, 0.1) is 19.3 Å². The van der Waals surface area contributed by atoms with Gasteiger partial charge < -0.3 is 9.47 Å². The van der Waals surface area contributed by atoms with Crippen LogP contribution in [0.15, 0.2) is 11.6 Å². The summed E-state index contributed by atoms with van der Waals surface area (Å²) in [5.41, 5.74) is 0.770. The molecule has 0 aromatic rings. The zero-order chi connectivity index (χ0) is 12.3. The van der Waals surface area contributed by atoms with Gasteiger partial charge in [0.15, 0.2) is 0 Å². The Labute approximate surface area is 103 Å². The van der Waals surface area contributed by atoms with Gasteiger partial charge in [-0.1, -0.05) is 13.0 Å². The number of fused-ring (bicyclic) bond motifs is 2. The highest BCUT2D eigenvalue weighted by atomic mass is 16.5. The van der Waals surface area contributed by atoms with E-state index < -0.39 is 0 Å². The van der Waals surface area contributed by atoms with Crippen molar-refractivity contribution >= 4 is 5.97 Å². The third-order valence-electron chi connectivity index (χ3n) is 3.54. The van der Waals surface area contributed by atoms with Crippen LogP contribution in [0.1, 0.15) is 26.2 Å². The molecule has 0 spiro atoms. The predicted octanol–water partition coefficient (Wildman–Crippen LogP) is 1.36. The second-order valence-electron chi connectivity index (χ2n) is 4.75. The molecular formula is C13H21NO3. The van der Waals surface area contributed by atoms with Crippen LogP contribution >= 0.6 is 0 Å². The SMILES string of the molecule is CCC(=CCN1CC2CCC(C1)O2)C(=O)OC. The summed E-state index contributed by atoms with van der Waals surface area (Å²) in [7, 11) is 1.43. The molecule has 0 N–H and O–H groups in total. The number of morpholine rings is 1. The zero-order valence-corrected chi connectivity index (χ0v) is 10.6. The van der Waals surface area contributed by atoms with E-state index in [1.54, 1.807) is 0 Å². The maximum Gasteiger partial charge on any atom is 0.333 e. The lowest BCUT2D eigenvalue weighted by Gasteiger charge is -2.31. The number of methoxy groups -OCH3 is 1. The topological polar surface area (TPSA) is 38.8 Å². The highest BCUT2D eigenvalue weighted by Gasteiger charge is 2.33. The highest BCUT2D eigenvalue weighted by Crippen LogP contribution is 2.26. The monoisotopic (exact) mass is 239 g/mol. The average molecular weight is 239 g/mol. The molecule has 0 aromatic carbocycles. The average Bonchev–Trinajstić information content (AvgIpc) is 2.69. The molecule has 2 heterocycles. The summed E-state index contributed by atoms with van der Waals surface area (Å²) in [4.78, 5) is 13.8. The van der Waals surface area contributed by atoms with Gasteiger partial charge in [-0.25, -0.2) is 4.79 Å². The molecule has 2 unspecified atom stereocenters. The Balaban J connectivity index is 1.88. The predicted molar refractivity (Wildman–Crippen MR) is 64.7 cm³/mol. The van der Waals surface area contributed by atoms with Gasteiger partial charge in [-0.05, 0) is 19.3 Å². The van der Waals surface area contributed by atoms with Crippen LogP contribution in [0.5, 0.6) is 0 Å². The van der Waals surface area contributed by atoms with Gasteiger partial charge in [-0.2, -0.15) is 0 Å². The lowest BCUT2D eigenvalue weighted by molar-refractivity contribution is -0.136. The van der Waals surface area contributed by atoms with Gasteiger partial charge in [0.25, 0.3) is 0 Å². The van der Waals surface area contributed by atoms with E-state index in [0.29, 0.717) is 12.2 Å². The van der Waals surface area contributed by atoms with Crippen molar-refractivity contribution in [1.82, 2.24) is 4.90 Å². The zero-order valence-electron chi connectivity index (χ0n) is 10.6. The fourth-order valence-corrected chi connectivity index (χ4v) is 2.59. The van der Waals surface area contributed by atoms with Crippen LogP contribution in [-0.4, -0.2) is 49.8 Å². The minimum absolute atomic E-state index is 0.205. The van der Waals surface area contributed by atoms with Crippen LogP contribution in [0.4, 0.5) is 0 Å². The van der Waals surface area contributed by atoms with E-state index in [2.05, 4.69) is 4.90 Å². The van der Waals surface area contributed by atoms with Gasteiger partial charge in [0.1, 0.15) is 0 Å². The molecule has 4 nitrogen and oxygen atoms in total. The number of likely N-dealkylation sites (tertiary alicyclic amines) is 1. The number of ether oxygens (including phenoxy) is 2. The Morgan fingerprint density at radius 3 is 2.59 bits per heavy atom. The van der Waals surface area contributed by atoms with Crippen molar-refractivity contribution in [3.8, 4) is 0 Å². The van der Waals surface area contributed by atoms with Gasteiger partial charge in [-0.15, -0.1) is 0 Å². The number of nitrogens with zero attached hydrogens (tertiary/aromatic N) is 1. The summed E-state index contributed by atoms with van der Waals surface area (Å²) in [6, 6.07) is 0. The summed E-state index contributed by atoms with van der Waals surface area (Å²) in [6.45, 7) is 4.79. The largest absolute Gasteiger partial charge is 0.466 e. The van der Waals surface area contributed by atoms with Crippen molar-refractivity contribution in [1.29, 1.82) is 0 Å². The van der Waals surface area contributed by atoms with Crippen molar-refractivity contribution in [3.05, 3.63) is 11.6 Å². The third-order valence-corrected chi connectivity index (χ3v) is 3.54. The van der Waals surface area contributed by atoms with Crippen molar-refractivity contribution in [2.45, 2.75) is 38.4 Å². The third kappa shape index (κ3) is 3.07. The smallest absolute Gasteiger partial charge is 0.333 e. The standard InChI is InChI=1S/C13H21NO3/c1-3-10(13(15)16-2)6-7-14-8-11-4-5-12(9-14)17-11/h6,11-12H,3-5,7-9H2,1-2H3. The van der Waals surface area contributed by atoms with E-state index >= 15 is 0 Å². The second-order valence-corrected chi connectivity index (χ2v) is 4.75. The van der Waals surface area contributed by atoms with Crippen molar-refractivity contribution in [2.75, 3.05) is 26.7 Å². The van der Waals surface area contributed by atoms with Crippen LogP contribution in [0.25, 0.3) is 0 Å². The summed E-state index contributed by atoms with van der Waals surface area (Å²) in [6.07, 6.45) is 5.90. The Kier molecular flexibility index (Phi) is 4.18. The Bertz CT molecular complexity index is 302. The van der Waals surface area contributed by atoms with E-state index in [1.165, 1.54) is 20.0 Å². The van der Waals surface area contributed by atoms with Gasteiger partial charge in [0, 0.05) is 25.2 Å². The molecule has 2 aliphatic heterocycles. The first kappa shape index (κ1) is 12.6. The first-order valence-electron chi connectivity index (χ1n) is 6.38. The van der Waals surface area contributed by atoms with E-state index in [4.69, 9.17) is 9.47 Å². The van der Waals surface area contributed by atoms with Crippen LogP contribution in [0, 0.1) is 0 Å². The number of hydrogen-bond donors (Lipinski definition) is 0. The van der Waals surface area contributed by atoms with E-state index in [0.717, 1.165) is 31.6 Å². The van der Waals surface area contributed by atoms with Crippen molar-refractivity contribution in [3.63, 3.8) is 0 Å². The molecule has 2 saturated heterocycles. The molecule has 2 rings (SSSR count). The summed E-state index contributed by atoms with van der Waals surface area (Å²) in [5, 5.41) is 0. The fraction of sp³-hybridized carbons (Fsp3) is 0.769. The highest BCUT2D eigenvalue weighted by molar-refractivity contribution is 5.88.